The van der Waals surface area contributed by atoms with Crippen LogP contribution in [0.4, 0.5) is 0 Å². The van der Waals surface area contributed by atoms with Gasteiger partial charge >= 0.3 is 0 Å². The second kappa shape index (κ2) is 5.66. The van der Waals surface area contributed by atoms with Gasteiger partial charge in [-0.15, -0.1) is 0 Å². The monoisotopic (exact) mass is 247 g/mol. The number of aryl methyl sites for hydroxylation is 1. The Kier molecular flexibility index (Phi) is 3.55. The molecule has 0 fully saturated rings. The summed E-state index contributed by atoms with van der Waals surface area (Å²) >= 11 is 0. The average Bonchev–Trinajstić information content (AvgIpc) is 2.96. The lowest BCUT2D eigenvalue weighted by molar-refractivity contribution is 0.964. The molecule has 2 aliphatic rings. The number of nitrogens with zero attached hydrogens (tertiary/aromatic N) is 1. The highest BCUT2D eigenvalue weighted by Gasteiger charge is 2.02. The highest BCUT2D eigenvalue weighted by atomic mass is 14.7. The van der Waals surface area contributed by atoms with Crippen molar-refractivity contribution in [2.24, 2.45) is 0 Å². The zero-order chi connectivity index (χ0) is 12.9. The van der Waals surface area contributed by atoms with Crippen LogP contribution in [0.25, 0.3) is 12.2 Å². The molecule has 1 aromatic heterocycles. The third kappa shape index (κ3) is 2.82. The lowest BCUT2D eigenvalue weighted by Gasteiger charge is -2.06. The molecule has 0 saturated carbocycles. The summed E-state index contributed by atoms with van der Waals surface area (Å²) in [6, 6.07) is 12.6. The van der Waals surface area contributed by atoms with Gasteiger partial charge in [-0.1, -0.05) is 48.6 Å². The minimum atomic E-state index is 1.12. The van der Waals surface area contributed by atoms with Crippen molar-refractivity contribution in [2.75, 3.05) is 0 Å². The van der Waals surface area contributed by atoms with Gasteiger partial charge in [0.25, 0.3) is 0 Å². The Balaban J connectivity index is 0.000000117. The van der Waals surface area contributed by atoms with Gasteiger partial charge in [0.1, 0.15) is 0 Å². The van der Waals surface area contributed by atoms with Crippen LogP contribution < -0.4 is 0 Å². The van der Waals surface area contributed by atoms with E-state index in [0.717, 1.165) is 18.5 Å². The third-order valence-corrected chi connectivity index (χ3v) is 3.47. The Bertz CT molecular complexity index is 623. The molecule has 2 aliphatic carbocycles. The summed E-state index contributed by atoms with van der Waals surface area (Å²) in [4.78, 5) is 4.23. The number of aromatic nitrogens is 1. The largest absolute Gasteiger partial charge is 0.257 e. The van der Waals surface area contributed by atoms with Gasteiger partial charge in [-0.05, 0) is 48.1 Å². The summed E-state index contributed by atoms with van der Waals surface area (Å²) in [6.07, 6.45) is 13.9. The van der Waals surface area contributed by atoms with E-state index in [4.69, 9.17) is 0 Å². The molecule has 0 unspecified atom stereocenters. The van der Waals surface area contributed by atoms with Gasteiger partial charge in [-0.2, -0.15) is 0 Å². The summed E-state index contributed by atoms with van der Waals surface area (Å²) in [5.41, 5.74) is 5.37. The van der Waals surface area contributed by atoms with Crippen molar-refractivity contribution in [3.05, 3.63) is 77.1 Å². The van der Waals surface area contributed by atoms with Crippen molar-refractivity contribution in [2.45, 2.75) is 19.3 Å². The second-order valence-electron chi connectivity index (χ2n) is 4.79. The Morgan fingerprint density at radius 1 is 0.842 bits per heavy atom. The van der Waals surface area contributed by atoms with Crippen LogP contribution in [0.5, 0.6) is 0 Å². The number of allylic oxidation sites excluding steroid dienone is 2. The van der Waals surface area contributed by atoms with E-state index in [1.54, 1.807) is 0 Å². The minimum Gasteiger partial charge on any atom is -0.257 e. The molecule has 0 radical (unpaired) electrons. The van der Waals surface area contributed by atoms with Crippen LogP contribution >= 0.6 is 0 Å². The van der Waals surface area contributed by atoms with E-state index in [1.807, 2.05) is 12.3 Å². The lowest BCUT2D eigenvalue weighted by atomic mass is 10.0. The maximum absolute atomic E-state index is 4.23. The normalized spacial score (nSPS) is 14.3. The summed E-state index contributed by atoms with van der Waals surface area (Å²) in [5.74, 6) is 0. The molecule has 2 aromatic rings. The first-order valence-electron chi connectivity index (χ1n) is 6.78. The van der Waals surface area contributed by atoms with Gasteiger partial charge in [0.05, 0.1) is 5.69 Å². The standard InChI is InChI=1S/C9H9N.C9H8/c1-2-6-9-8(4-1)5-3-7-10-9;1-2-5-9-7-3-6-8(9)4-1/h2-3,5-7H,1,4H2;1-6H,7H2. The molecule has 1 heteroatoms. The predicted octanol–water partition coefficient (Wildman–Crippen LogP) is 4.30. The quantitative estimate of drug-likeness (QED) is 0.676. The van der Waals surface area contributed by atoms with Crippen LogP contribution in [0.15, 0.2) is 54.7 Å². The summed E-state index contributed by atoms with van der Waals surface area (Å²) < 4.78 is 0. The molecule has 0 saturated heterocycles. The Morgan fingerprint density at radius 2 is 1.74 bits per heavy atom. The first-order chi connectivity index (χ1) is 9.43. The molecule has 4 rings (SSSR count). The average molecular weight is 247 g/mol. The summed E-state index contributed by atoms with van der Waals surface area (Å²) in [5, 5.41) is 0. The maximum Gasteiger partial charge on any atom is 0.0658 e. The first kappa shape index (κ1) is 11.9. The van der Waals surface area contributed by atoms with Crippen molar-refractivity contribution in [1.82, 2.24) is 4.98 Å². The third-order valence-electron chi connectivity index (χ3n) is 3.47. The summed E-state index contributed by atoms with van der Waals surface area (Å²) in [7, 11) is 0. The fourth-order valence-corrected chi connectivity index (χ4v) is 2.44. The molecule has 0 atom stereocenters. The van der Waals surface area contributed by atoms with Crippen molar-refractivity contribution in [1.29, 1.82) is 0 Å². The van der Waals surface area contributed by atoms with Crippen molar-refractivity contribution >= 4 is 12.2 Å². The Hall–Kier alpha value is -2.15. The molecule has 1 aromatic carbocycles. The number of benzene rings is 1. The van der Waals surface area contributed by atoms with Crippen molar-refractivity contribution < 1.29 is 0 Å². The van der Waals surface area contributed by atoms with Crippen LogP contribution in [-0.2, 0) is 12.8 Å². The van der Waals surface area contributed by atoms with Gasteiger partial charge in [0.15, 0.2) is 0 Å². The zero-order valence-corrected chi connectivity index (χ0v) is 10.9. The van der Waals surface area contributed by atoms with E-state index in [-0.39, 0.29) is 0 Å². The van der Waals surface area contributed by atoms with Gasteiger partial charge in [0.2, 0.25) is 0 Å². The molecule has 0 bridgehead atoms. The van der Waals surface area contributed by atoms with E-state index in [1.165, 1.54) is 23.1 Å². The Morgan fingerprint density at radius 3 is 2.63 bits per heavy atom. The van der Waals surface area contributed by atoms with E-state index in [9.17, 15) is 0 Å². The van der Waals surface area contributed by atoms with Crippen LogP contribution in [0.2, 0.25) is 0 Å². The number of rotatable bonds is 0. The molecule has 19 heavy (non-hydrogen) atoms. The number of pyridine rings is 1. The number of hydrogen-bond donors (Lipinski definition) is 0. The van der Waals surface area contributed by atoms with Crippen LogP contribution in [0, 0.1) is 0 Å². The second-order valence-corrected chi connectivity index (χ2v) is 4.79. The van der Waals surface area contributed by atoms with E-state index in [2.05, 4.69) is 59.6 Å². The zero-order valence-electron chi connectivity index (χ0n) is 10.9. The molecule has 1 heterocycles. The van der Waals surface area contributed by atoms with Gasteiger partial charge in [-0.3, -0.25) is 4.98 Å². The van der Waals surface area contributed by atoms with Gasteiger partial charge in [-0.25, -0.2) is 0 Å². The van der Waals surface area contributed by atoms with Crippen molar-refractivity contribution in [3.63, 3.8) is 0 Å². The predicted molar refractivity (Wildman–Crippen MR) is 80.8 cm³/mol. The molecule has 94 valence electrons. The number of fused-ring (bicyclic) bond motifs is 2. The molecule has 0 N–H and O–H groups in total. The molecule has 0 aliphatic heterocycles. The molecular formula is C18H17N. The van der Waals surface area contributed by atoms with E-state index >= 15 is 0 Å². The van der Waals surface area contributed by atoms with Crippen LogP contribution in [-0.4, -0.2) is 4.98 Å². The van der Waals surface area contributed by atoms with Gasteiger partial charge < -0.3 is 0 Å². The molecular weight excluding hydrogens is 230 g/mol. The topological polar surface area (TPSA) is 12.9 Å². The highest BCUT2D eigenvalue weighted by Crippen LogP contribution is 2.17. The molecule has 1 nitrogen and oxygen atoms in total. The fourth-order valence-electron chi connectivity index (χ4n) is 2.44. The van der Waals surface area contributed by atoms with E-state index in [0.29, 0.717) is 0 Å². The van der Waals surface area contributed by atoms with Crippen LogP contribution in [0.1, 0.15) is 28.8 Å². The smallest absolute Gasteiger partial charge is 0.0658 e. The summed E-state index contributed by atoms with van der Waals surface area (Å²) in [6.45, 7) is 0. The molecule has 0 amide bonds. The SMILES string of the molecule is C1=Cc2ccccc2C1.C1=Cc2ncccc2CC1. The maximum atomic E-state index is 4.23. The minimum absolute atomic E-state index is 1.12. The first-order valence-corrected chi connectivity index (χ1v) is 6.78. The lowest BCUT2D eigenvalue weighted by Crippen LogP contribution is -1.94. The van der Waals surface area contributed by atoms with Crippen LogP contribution in [0.3, 0.4) is 0 Å². The fraction of sp³-hybridized carbons (Fsp3) is 0.167. The van der Waals surface area contributed by atoms with Crippen molar-refractivity contribution in [3.8, 4) is 0 Å². The van der Waals surface area contributed by atoms with E-state index < -0.39 is 0 Å². The highest BCUT2D eigenvalue weighted by molar-refractivity contribution is 5.59. The molecule has 0 spiro atoms. The number of hydrogen-bond acceptors (Lipinski definition) is 1. The Labute approximate surface area is 114 Å². The van der Waals surface area contributed by atoms with Gasteiger partial charge in [0, 0.05) is 6.20 Å².